The lowest BCUT2D eigenvalue weighted by molar-refractivity contribution is -0.134. The van der Waals surface area contributed by atoms with Crippen LogP contribution >= 0.6 is 0 Å². The molecule has 2 aromatic heterocycles. The van der Waals surface area contributed by atoms with Crippen LogP contribution < -0.4 is 15.0 Å². The van der Waals surface area contributed by atoms with E-state index in [0.29, 0.717) is 46.8 Å². The molecule has 212 valence electrons. The number of rotatable bonds is 9. The summed E-state index contributed by atoms with van der Waals surface area (Å²) in [4.78, 5) is 32.6. The van der Waals surface area contributed by atoms with Crippen molar-refractivity contribution in [3.8, 4) is 11.5 Å². The minimum absolute atomic E-state index is 0.0517. The average molecular weight is 562 g/mol. The van der Waals surface area contributed by atoms with Gasteiger partial charge in [0.15, 0.2) is 23.0 Å². The fourth-order valence-electron chi connectivity index (χ4n) is 5.39. The van der Waals surface area contributed by atoms with Crippen LogP contribution in [-0.4, -0.2) is 51.2 Å². The van der Waals surface area contributed by atoms with Crippen molar-refractivity contribution in [3.63, 3.8) is 0 Å². The number of nitrogens with one attached hydrogen (secondary N) is 2. The number of hydrogen-bond donors (Lipinski definition) is 3. The first kappa shape index (κ1) is 26.8. The van der Waals surface area contributed by atoms with Crippen LogP contribution in [0.2, 0.25) is 0 Å². The Hall–Kier alpha value is -4.38. The maximum absolute atomic E-state index is 15.2. The molecule has 0 bridgehead atoms. The molecule has 2 fully saturated rings. The second-order valence-electron chi connectivity index (χ2n) is 11.0. The first-order valence-electron chi connectivity index (χ1n) is 13.5. The molecule has 6 rings (SSSR count). The lowest BCUT2D eigenvalue weighted by Crippen LogP contribution is -2.49. The van der Waals surface area contributed by atoms with E-state index in [9.17, 15) is 19.1 Å². The quantitative estimate of drug-likeness (QED) is 0.252. The van der Waals surface area contributed by atoms with E-state index in [4.69, 9.17) is 4.74 Å². The number of anilines is 2. The maximum Gasteiger partial charge on any atom is 0.237 e. The standard InChI is InChI=1S/C30H29F2N5O4/c1-17(15-38)34-28-26-25(8-11-33-27(26)35-36-28)41-24-7-2-18(12-22(24)32)13-23(39)21-14-30(9-10-30)16-37(29(21)40)20-5-3-19(31)4-6-20/h2-8,11-12,17,21,38H,9-10,13-16H2,1H3,(H2,33,34,35,36)/t17-,21?/m1/s1. The van der Waals surface area contributed by atoms with E-state index in [0.717, 1.165) is 12.8 Å². The second-order valence-corrected chi connectivity index (χ2v) is 11.0. The Bertz CT molecular complexity index is 1620. The van der Waals surface area contributed by atoms with Crippen LogP contribution in [0.4, 0.5) is 20.3 Å². The number of piperidine rings is 1. The van der Waals surface area contributed by atoms with Crippen LogP contribution in [0, 0.1) is 23.0 Å². The molecule has 9 nitrogen and oxygen atoms in total. The van der Waals surface area contributed by atoms with E-state index in [1.54, 1.807) is 36.1 Å². The molecule has 1 aliphatic heterocycles. The number of nitrogens with zero attached hydrogens (tertiary/aromatic N) is 3. The van der Waals surface area contributed by atoms with E-state index in [1.807, 2.05) is 0 Å². The first-order chi connectivity index (χ1) is 19.7. The van der Waals surface area contributed by atoms with Crippen molar-refractivity contribution in [2.24, 2.45) is 11.3 Å². The first-order valence-corrected chi connectivity index (χ1v) is 13.5. The average Bonchev–Trinajstić information content (AvgIpc) is 3.59. The minimum Gasteiger partial charge on any atom is -0.453 e. The number of Topliss-reactive ketones (excluding diaryl/α,β-unsaturated/α-hetero) is 1. The number of aliphatic hydroxyl groups excluding tert-OH is 1. The third kappa shape index (κ3) is 5.37. The number of aromatic amines is 1. The van der Waals surface area contributed by atoms with E-state index >= 15 is 4.39 Å². The Kier molecular flexibility index (Phi) is 6.90. The lowest BCUT2D eigenvalue weighted by atomic mass is 9.81. The van der Waals surface area contributed by atoms with Gasteiger partial charge in [0.2, 0.25) is 5.91 Å². The van der Waals surface area contributed by atoms with Gasteiger partial charge < -0.3 is 20.1 Å². The molecule has 1 aliphatic carbocycles. The Morgan fingerprint density at radius 1 is 1.20 bits per heavy atom. The summed E-state index contributed by atoms with van der Waals surface area (Å²) >= 11 is 0. The van der Waals surface area contributed by atoms with Gasteiger partial charge in [-0.05, 0) is 73.6 Å². The molecule has 2 aromatic carbocycles. The highest BCUT2D eigenvalue weighted by Crippen LogP contribution is 2.54. The predicted molar refractivity (Wildman–Crippen MR) is 148 cm³/mol. The molecule has 4 aromatic rings. The van der Waals surface area contributed by atoms with Crippen molar-refractivity contribution in [1.29, 1.82) is 0 Å². The van der Waals surface area contributed by atoms with Gasteiger partial charge in [0.25, 0.3) is 0 Å². The number of carbonyl (C=O) groups is 2. The molecular formula is C30H29F2N5O4. The Balaban J connectivity index is 1.19. The zero-order valence-electron chi connectivity index (χ0n) is 22.4. The van der Waals surface area contributed by atoms with Crippen LogP contribution in [0.3, 0.4) is 0 Å². The predicted octanol–water partition coefficient (Wildman–Crippen LogP) is 4.77. The number of ether oxygens (including phenoxy) is 1. The highest BCUT2D eigenvalue weighted by atomic mass is 19.1. The summed E-state index contributed by atoms with van der Waals surface area (Å²) in [7, 11) is 0. The third-order valence-corrected chi connectivity index (χ3v) is 7.85. The number of amides is 1. The van der Waals surface area contributed by atoms with E-state index in [1.165, 1.54) is 30.5 Å². The van der Waals surface area contributed by atoms with Crippen LogP contribution in [0.5, 0.6) is 11.5 Å². The number of benzene rings is 2. The number of aliphatic hydroxyl groups is 1. The summed E-state index contributed by atoms with van der Waals surface area (Å²) in [6.07, 6.45) is 3.73. The van der Waals surface area contributed by atoms with Gasteiger partial charge in [-0.3, -0.25) is 14.7 Å². The summed E-state index contributed by atoms with van der Waals surface area (Å²) in [5.41, 5.74) is 1.33. The third-order valence-electron chi connectivity index (χ3n) is 7.85. The summed E-state index contributed by atoms with van der Waals surface area (Å²) < 4.78 is 34.6. The SMILES string of the molecule is C[C@H](CO)Nc1n[nH]c2nccc(Oc3ccc(CC(=O)C4CC5(CC5)CN(c5ccc(F)cc5)C4=O)cc3F)c12. The van der Waals surface area contributed by atoms with Crippen molar-refractivity contribution in [1.82, 2.24) is 15.2 Å². The van der Waals surface area contributed by atoms with E-state index in [2.05, 4.69) is 20.5 Å². The second kappa shape index (κ2) is 10.5. The molecule has 41 heavy (non-hydrogen) atoms. The number of hydrogen-bond acceptors (Lipinski definition) is 7. The van der Waals surface area contributed by atoms with Gasteiger partial charge in [-0.15, -0.1) is 0 Å². The summed E-state index contributed by atoms with van der Waals surface area (Å²) in [6, 6.07) is 11.3. The molecular weight excluding hydrogens is 532 g/mol. The number of carbonyl (C=O) groups excluding carboxylic acids is 2. The maximum atomic E-state index is 15.2. The van der Waals surface area contributed by atoms with Crippen molar-refractivity contribution in [2.75, 3.05) is 23.4 Å². The molecule has 1 unspecified atom stereocenters. The highest BCUT2D eigenvalue weighted by molar-refractivity contribution is 6.09. The van der Waals surface area contributed by atoms with E-state index < -0.39 is 17.6 Å². The zero-order chi connectivity index (χ0) is 28.7. The van der Waals surface area contributed by atoms with E-state index in [-0.39, 0.29) is 41.9 Å². The van der Waals surface area contributed by atoms with Gasteiger partial charge in [-0.1, -0.05) is 6.07 Å². The number of fused-ring (bicyclic) bond motifs is 1. The van der Waals surface area contributed by atoms with Crippen molar-refractivity contribution < 1.29 is 28.2 Å². The molecule has 1 amide bonds. The Morgan fingerprint density at radius 2 is 1.98 bits per heavy atom. The van der Waals surface area contributed by atoms with Crippen molar-refractivity contribution >= 4 is 34.2 Å². The van der Waals surface area contributed by atoms with Gasteiger partial charge in [0.05, 0.1) is 12.5 Å². The number of H-pyrrole nitrogens is 1. The molecule has 3 N–H and O–H groups in total. The number of halogens is 2. The molecule has 1 spiro atoms. The highest BCUT2D eigenvalue weighted by Gasteiger charge is 2.53. The number of ketones is 1. The molecule has 3 heterocycles. The van der Waals surface area contributed by atoms with Gasteiger partial charge >= 0.3 is 0 Å². The molecule has 2 aliphatic rings. The minimum atomic E-state index is -0.839. The monoisotopic (exact) mass is 561 g/mol. The lowest BCUT2D eigenvalue weighted by Gasteiger charge is -2.37. The van der Waals surface area contributed by atoms with Crippen molar-refractivity contribution in [3.05, 3.63) is 71.9 Å². The number of pyridine rings is 1. The van der Waals surface area contributed by atoms with Gasteiger partial charge in [-0.2, -0.15) is 5.10 Å². The van der Waals surface area contributed by atoms with Crippen molar-refractivity contribution in [2.45, 2.75) is 38.6 Å². The molecule has 1 saturated carbocycles. The topological polar surface area (TPSA) is 120 Å². The van der Waals surface area contributed by atoms with Crippen LogP contribution in [0.1, 0.15) is 31.7 Å². The number of aromatic nitrogens is 3. The molecule has 0 radical (unpaired) electrons. The van der Waals surface area contributed by atoms with Crippen LogP contribution in [0.25, 0.3) is 11.0 Å². The molecule has 2 atom stereocenters. The Labute approximate surface area is 234 Å². The smallest absolute Gasteiger partial charge is 0.237 e. The summed E-state index contributed by atoms with van der Waals surface area (Å²) in [5, 5.41) is 19.9. The summed E-state index contributed by atoms with van der Waals surface area (Å²) in [5.74, 6) is -1.81. The van der Waals surface area contributed by atoms with Crippen LogP contribution in [-0.2, 0) is 16.0 Å². The molecule has 11 heteroatoms. The zero-order valence-corrected chi connectivity index (χ0v) is 22.4. The van der Waals surface area contributed by atoms with Gasteiger partial charge in [0.1, 0.15) is 22.7 Å². The Morgan fingerprint density at radius 3 is 2.68 bits per heavy atom. The normalized spacial score (nSPS) is 18.5. The fourth-order valence-corrected chi connectivity index (χ4v) is 5.39. The van der Waals surface area contributed by atoms with Crippen LogP contribution in [0.15, 0.2) is 54.7 Å². The largest absolute Gasteiger partial charge is 0.453 e. The van der Waals surface area contributed by atoms with Gasteiger partial charge in [0, 0.05) is 37.0 Å². The fraction of sp³-hybridized carbons (Fsp3) is 0.333. The molecule has 1 saturated heterocycles. The summed E-state index contributed by atoms with van der Waals surface area (Å²) in [6.45, 7) is 2.18. The van der Waals surface area contributed by atoms with Gasteiger partial charge in [-0.25, -0.2) is 13.8 Å².